The molecule has 2 nitrogen and oxygen atoms in total. The van der Waals surface area contributed by atoms with E-state index in [9.17, 15) is 0 Å². The van der Waals surface area contributed by atoms with Crippen LogP contribution in [0, 0.1) is 17.8 Å². The van der Waals surface area contributed by atoms with Gasteiger partial charge in [0, 0.05) is 24.3 Å². The molecule has 2 rings (SSSR count). The van der Waals surface area contributed by atoms with Crippen LogP contribution < -0.4 is 0 Å². The second kappa shape index (κ2) is 10.5. The SMILES string of the molecule is CCCO[Si](OCC(C)CC)(C1CCCCC1)C1CC(C)CC(C)C1. The van der Waals surface area contributed by atoms with E-state index in [0.717, 1.165) is 37.0 Å². The molecule has 0 amide bonds. The topological polar surface area (TPSA) is 18.5 Å². The van der Waals surface area contributed by atoms with Crippen LogP contribution in [-0.4, -0.2) is 21.8 Å². The molecule has 0 heterocycles. The predicted octanol–water partition coefficient (Wildman–Crippen LogP) is 7.08. The standard InChI is InChI=1S/C22H44O2Si/c1-6-13-23-25(24-17-18(3)7-2,21-11-9-8-10-12-21)22-15-19(4)14-20(5)16-22/h18-22H,6-17H2,1-5H3. The average molecular weight is 369 g/mol. The molecule has 0 radical (unpaired) electrons. The molecule has 2 aliphatic rings. The van der Waals surface area contributed by atoms with Crippen LogP contribution >= 0.6 is 0 Å². The minimum absolute atomic E-state index is 0.652. The molecule has 2 fully saturated rings. The number of hydrogen-bond acceptors (Lipinski definition) is 2. The highest BCUT2D eigenvalue weighted by Gasteiger charge is 2.53. The summed E-state index contributed by atoms with van der Waals surface area (Å²) >= 11 is 0. The van der Waals surface area contributed by atoms with Gasteiger partial charge in [-0.2, -0.15) is 0 Å². The summed E-state index contributed by atoms with van der Waals surface area (Å²) in [7, 11) is -2.18. The lowest BCUT2D eigenvalue weighted by atomic mass is 9.83. The lowest BCUT2D eigenvalue weighted by molar-refractivity contribution is 0.109. The van der Waals surface area contributed by atoms with Crippen LogP contribution in [0.4, 0.5) is 0 Å². The molecule has 0 aromatic rings. The van der Waals surface area contributed by atoms with Gasteiger partial charge in [0.2, 0.25) is 0 Å². The smallest absolute Gasteiger partial charge is 0.344 e. The van der Waals surface area contributed by atoms with E-state index in [1.165, 1.54) is 57.8 Å². The largest absolute Gasteiger partial charge is 0.394 e. The van der Waals surface area contributed by atoms with Crippen molar-refractivity contribution in [2.45, 2.75) is 110 Å². The highest BCUT2D eigenvalue weighted by Crippen LogP contribution is 2.51. The monoisotopic (exact) mass is 368 g/mol. The van der Waals surface area contributed by atoms with Crippen molar-refractivity contribution in [3.63, 3.8) is 0 Å². The average Bonchev–Trinajstić information content (AvgIpc) is 2.61. The minimum Gasteiger partial charge on any atom is -0.394 e. The van der Waals surface area contributed by atoms with Crippen molar-refractivity contribution in [2.24, 2.45) is 17.8 Å². The molecule has 0 aromatic carbocycles. The maximum atomic E-state index is 6.98. The van der Waals surface area contributed by atoms with Gasteiger partial charge in [-0.25, -0.2) is 0 Å². The van der Waals surface area contributed by atoms with Gasteiger partial charge in [0.05, 0.1) is 0 Å². The molecular formula is C22H44O2Si. The van der Waals surface area contributed by atoms with Gasteiger partial charge in [0.1, 0.15) is 0 Å². The summed E-state index contributed by atoms with van der Waals surface area (Å²) in [6.07, 6.45) is 13.3. The van der Waals surface area contributed by atoms with Crippen molar-refractivity contribution in [1.29, 1.82) is 0 Å². The fraction of sp³-hybridized carbons (Fsp3) is 1.00. The van der Waals surface area contributed by atoms with E-state index in [0.29, 0.717) is 11.5 Å². The van der Waals surface area contributed by atoms with Crippen LogP contribution in [0.3, 0.4) is 0 Å². The highest BCUT2D eigenvalue weighted by atomic mass is 28.4. The molecule has 0 N–H and O–H groups in total. The predicted molar refractivity (Wildman–Crippen MR) is 110 cm³/mol. The highest BCUT2D eigenvalue weighted by molar-refractivity contribution is 6.70. The minimum atomic E-state index is -2.18. The normalized spacial score (nSPS) is 32.3. The van der Waals surface area contributed by atoms with E-state index in [1.54, 1.807) is 0 Å². The van der Waals surface area contributed by atoms with Gasteiger partial charge in [-0.1, -0.05) is 60.3 Å². The lowest BCUT2D eigenvalue weighted by Gasteiger charge is -2.48. The van der Waals surface area contributed by atoms with Crippen LogP contribution in [0.15, 0.2) is 0 Å². The molecule has 2 saturated carbocycles. The van der Waals surface area contributed by atoms with Crippen molar-refractivity contribution in [1.82, 2.24) is 0 Å². The summed E-state index contributed by atoms with van der Waals surface area (Å²) in [5.74, 6) is 2.32. The van der Waals surface area contributed by atoms with Gasteiger partial charge in [0.25, 0.3) is 0 Å². The van der Waals surface area contributed by atoms with E-state index in [1.807, 2.05) is 0 Å². The Hall–Kier alpha value is 0.137. The van der Waals surface area contributed by atoms with Gasteiger partial charge in [-0.05, 0) is 56.3 Å². The van der Waals surface area contributed by atoms with E-state index in [4.69, 9.17) is 8.85 Å². The third kappa shape index (κ3) is 5.81. The van der Waals surface area contributed by atoms with Crippen LogP contribution in [0.2, 0.25) is 11.1 Å². The Morgan fingerprint density at radius 2 is 1.52 bits per heavy atom. The van der Waals surface area contributed by atoms with Crippen LogP contribution in [0.25, 0.3) is 0 Å². The van der Waals surface area contributed by atoms with E-state index < -0.39 is 8.56 Å². The molecule has 4 atom stereocenters. The van der Waals surface area contributed by atoms with Crippen molar-refractivity contribution >= 4 is 8.56 Å². The Kier molecular flexibility index (Phi) is 8.97. The van der Waals surface area contributed by atoms with E-state index in [2.05, 4.69) is 34.6 Å². The zero-order chi connectivity index (χ0) is 18.3. The fourth-order valence-electron chi connectivity index (χ4n) is 5.28. The summed E-state index contributed by atoms with van der Waals surface area (Å²) in [4.78, 5) is 0. The maximum absolute atomic E-state index is 6.98. The summed E-state index contributed by atoms with van der Waals surface area (Å²) in [6, 6.07) is 0. The molecule has 0 spiro atoms. The van der Waals surface area contributed by atoms with Gasteiger partial charge >= 0.3 is 8.56 Å². The Bertz CT molecular complexity index is 359. The van der Waals surface area contributed by atoms with Crippen LogP contribution in [0.1, 0.15) is 98.8 Å². The zero-order valence-electron chi connectivity index (χ0n) is 17.7. The Morgan fingerprint density at radius 3 is 2.08 bits per heavy atom. The first-order valence-corrected chi connectivity index (χ1v) is 13.3. The fourth-order valence-corrected chi connectivity index (χ4v) is 10.7. The van der Waals surface area contributed by atoms with E-state index >= 15 is 0 Å². The third-order valence-corrected chi connectivity index (χ3v) is 11.3. The quantitative estimate of drug-likeness (QED) is 0.405. The molecule has 25 heavy (non-hydrogen) atoms. The number of hydrogen-bond donors (Lipinski definition) is 0. The summed E-state index contributed by atoms with van der Waals surface area (Å²) < 4.78 is 13.8. The lowest BCUT2D eigenvalue weighted by Crippen LogP contribution is -2.54. The second-order valence-corrected chi connectivity index (χ2v) is 13.0. The van der Waals surface area contributed by atoms with Gasteiger partial charge in [0.15, 0.2) is 0 Å². The van der Waals surface area contributed by atoms with Crippen LogP contribution in [-0.2, 0) is 8.85 Å². The second-order valence-electron chi connectivity index (χ2n) is 9.34. The van der Waals surface area contributed by atoms with Gasteiger partial charge in [-0.15, -0.1) is 0 Å². The molecular weight excluding hydrogens is 324 g/mol. The molecule has 2 aliphatic carbocycles. The molecule has 4 unspecified atom stereocenters. The Balaban J connectivity index is 2.26. The zero-order valence-corrected chi connectivity index (χ0v) is 18.7. The van der Waals surface area contributed by atoms with Crippen molar-refractivity contribution in [3.05, 3.63) is 0 Å². The van der Waals surface area contributed by atoms with Crippen molar-refractivity contribution < 1.29 is 8.85 Å². The van der Waals surface area contributed by atoms with Crippen molar-refractivity contribution in [2.75, 3.05) is 13.2 Å². The first kappa shape index (κ1) is 21.4. The molecule has 3 heteroatoms. The Morgan fingerprint density at radius 1 is 0.880 bits per heavy atom. The molecule has 0 aliphatic heterocycles. The number of rotatable bonds is 9. The van der Waals surface area contributed by atoms with Crippen molar-refractivity contribution in [3.8, 4) is 0 Å². The van der Waals surface area contributed by atoms with Crippen LogP contribution in [0.5, 0.6) is 0 Å². The molecule has 0 aromatic heterocycles. The van der Waals surface area contributed by atoms with E-state index in [-0.39, 0.29) is 0 Å². The molecule has 0 saturated heterocycles. The molecule has 148 valence electrons. The van der Waals surface area contributed by atoms with Gasteiger partial charge in [-0.3, -0.25) is 0 Å². The third-order valence-electron chi connectivity index (χ3n) is 6.74. The summed E-state index contributed by atoms with van der Waals surface area (Å²) in [5.41, 5.74) is 1.45. The maximum Gasteiger partial charge on any atom is 0.344 e. The Labute approximate surface area is 158 Å². The summed E-state index contributed by atoms with van der Waals surface area (Å²) in [5, 5.41) is 0. The summed E-state index contributed by atoms with van der Waals surface area (Å²) in [6.45, 7) is 13.6. The first-order chi connectivity index (χ1) is 12.0. The molecule has 0 bridgehead atoms. The first-order valence-electron chi connectivity index (χ1n) is 11.3. The van der Waals surface area contributed by atoms with Gasteiger partial charge < -0.3 is 8.85 Å².